The summed E-state index contributed by atoms with van der Waals surface area (Å²) in [4.78, 5) is 29.4. The number of nitriles is 1. The summed E-state index contributed by atoms with van der Waals surface area (Å²) in [5.74, 6) is -0.523. The van der Waals surface area contributed by atoms with Crippen LogP contribution in [0.1, 0.15) is 17.5 Å². The number of hydrogen-bond acceptors (Lipinski definition) is 6. The molecule has 2 aromatic rings. The Bertz CT molecular complexity index is 1240. The minimum absolute atomic E-state index is 0.00452. The molecule has 0 saturated carbocycles. The molecule has 2 aliphatic heterocycles. The third kappa shape index (κ3) is 4.07. The van der Waals surface area contributed by atoms with Crippen molar-refractivity contribution >= 4 is 50.9 Å². The van der Waals surface area contributed by atoms with Gasteiger partial charge in [0.2, 0.25) is 0 Å². The van der Waals surface area contributed by atoms with Crippen molar-refractivity contribution in [1.29, 1.82) is 5.26 Å². The lowest BCUT2D eigenvalue weighted by atomic mass is 9.87. The zero-order chi connectivity index (χ0) is 23.3. The molecule has 2 fully saturated rings. The lowest BCUT2D eigenvalue weighted by molar-refractivity contribution is -0.124. The standard InChI is InChI=1S/C21H17Cl2N3O5S/c1-32(29,30)31-18-10-21(9-13-2-4-14(11-24)5-3-13)19(27)26(20(28)25(21)12-18)17-7-15(22)6-16(23)8-17/h2-8,18H,9-10,12H2,1H3/t18-,21+/m1/s1. The largest absolute Gasteiger partial charge is 0.332 e. The van der Waals surface area contributed by atoms with Gasteiger partial charge in [-0.3, -0.25) is 8.98 Å². The van der Waals surface area contributed by atoms with Crippen molar-refractivity contribution in [2.24, 2.45) is 0 Å². The molecule has 166 valence electrons. The van der Waals surface area contributed by atoms with Gasteiger partial charge in [-0.05, 0) is 35.9 Å². The van der Waals surface area contributed by atoms with Crippen molar-refractivity contribution in [1.82, 2.24) is 4.90 Å². The molecule has 2 aromatic carbocycles. The number of halogens is 2. The number of fused-ring (bicyclic) bond motifs is 1. The van der Waals surface area contributed by atoms with E-state index in [2.05, 4.69) is 0 Å². The summed E-state index contributed by atoms with van der Waals surface area (Å²) in [5.41, 5.74) is 0.0414. The molecular weight excluding hydrogens is 477 g/mol. The molecule has 0 aromatic heterocycles. The SMILES string of the molecule is CS(=O)(=O)O[C@H]1CN2C(=O)N(c3cc(Cl)cc(Cl)c3)C(=O)[C@]2(Cc2ccc(C#N)cc2)C1. The average Bonchev–Trinajstić information content (AvgIpc) is 3.13. The molecule has 32 heavy (non-hydrogen) atoms. The zero-order valence-corrected chi connectivity index (χ0v) is 19.1. The van der Waals surface area contributed by atoms with Crippen LogP contribution in [-0.4, -0.2) is 49.7 Å². The van der Waals surface area contributed by atoms with E-state index in [4.69, 9.17) is 32.6 Å². The fraction of sp³-hybridized carbons (Fsp3) is 0.286. The summed E-state index contributed by atoms with van der Waals surface area (Å²) < 4.78 is 28.5. The van der Waals surface area contributed by atoms with Crippen LogP contribution >= 0.6 is 23.2 Å². The molecule has 0 unspecified atom stereocenters. The highest BCUT2D eigenvalue weighted by atomic mass is 35.5. The summed E-state index contributed by atoms with van der Waals surface area (Å²) in [6.07, 6.45) is 0.183. The Morgan fingerprint density at radius 2 is 1.78 bits per heavy atom. The Kier molecular flexibility index (Phi) is 5.67. The number of hydrogen-bond donors (Lipinski definition) is 0. The minimum atomic E-state index is -3.79. The second kappa shape index (κ2) is 8.05. The van der Waals surface area contributed by atoms with Gasteiger partial charge in [-0.15, -0.1) is 0 Å². The van der Waals surface area contributed by atoms with Gasteiger partial charge < -0.3 is 4.90 Å². The first-order valence-corrected chi connectivity index (χ1v) is 12.1. The Morgan fingerprint density at radius 1 is 1.16 bits per heavy atom. The van der Waals surface area contributed by atoms with Crippen molar-refractivity contribution in [3.8, 4) is 6.07 Å². The zero-order valence-electron chi connectivity index (χ0n) is 16.8. The van der Waals surface area contributed by atoms with Gasteiger partial charge in [0.25, 0.3) is 16.0 Å². The number of urea groups is 1. The van der Waals surface area contributed by atoms with Gasteiger partial charge in [0.05, 0.1) is 36.2 Å². The van der Waals surface area contributed by atoms with Crippen LogP contribution in [0.25, 0.3) is 0 Å². The number of benzene rings is 2. The van der Waals surface area contributed by atoms with Crippen molar-refractivity contribution in [2.75, 3.05) is 17.7 Å². The smallest absolute Gasteiger partial charge is 0.306 e. The lowest BCUT2D eigenvalue weighted by Gasteiger charge is -2.28. The van der Waals surface area contributed by atoms with Crippen molar-refractivity contribution in [2.45, 2.75) is 24.5 Å². The Labute approximate surface area is 195 Å². The van der Waals surface area contributed by atoms with E-state index in [-0.39, 0.29) is 35.1 Å². The Balaban J connectivity index is 1.76. The number of imide groups is 1. The number of amides is 3. The molecule has 0 bridgehead atoms. The molecule has 2 saturated heterocycles. The minimum Gasteiger partial charge on any atom is -0.306 e. The van der Waals surface area contributed by atoms with Crippen molar-refractivity contribution in [3.63, 3.8) is 0 Å². The van der Waals surface area contributed by atoms with E-state index >= 15 is 0 Å². The molecule has 3 amide bonds. The molecule has 2 aliphatic rings. The number of nitrogens with zero attached hydrogens (tertiary/aromatic N) is 3. The normalized spacial score (nSPS) is 22.9. The molecule has 2 heterocycles. The van der Waals surface area contributed by atoms with Crippen LogP contribution in [0.4, 0.5) is 10.5 Å². The van der Waals surface area contributed by atoms with Crippen molar-refractivity contribution in [3.05, 3.63) is 63.6 Å². The third-order valence-electron chi connectivity index (χ3n) is 5.49. The summed E-state index contributed by atoms with van der Waals surface area (Å²) in [6, 6.07) is 12.5. The summed E-state index contributed by atoms with van der Waals surface area (Å²) in [6.45, 7) is -0.0707. The van der Waals surface area contributed by atoms with E-state index in [0.717, 1.165) is 11.2 Å². The second-order valence-corrected chi connectivity index (χ2v) is 10.3. The number of carbonyl (C=O) groups is 2. The van der Waals surface area contributed by atoms with Crippen LogP contribution < -0.4 is 4.90 Å². The van der Waals surface area contributed by atoms with Crippen LogP contribution in [0.2, 0.25) is 10.0 Å². The van der Waals surface area contributed by atoms with E-state index in [1.165, 1.54) is 23.1 Å². The highest BCUT2D eigenvalue weighted by molar-refractivity contribution is 7.86. The van der Waals surface area contributed by atoms with Gasteiger partial charge in [-0.25, -0.2) is 9.69 Å². The summed E-state index contributed by atoms with van der Waals surface area (Å²) in [7, 11) is -3.79. The first-order chi connectivity index (χ1) is 15.0. The fourth-order valence-electron chi connectivity index (χ4n) is 4.30. The van der Waals surface area contributed by atoms with E-state index in [0.29, 0.717) is 11.1 Å². The predicted octanol–water partition coefficient (Wildman–Crippen LogP) is 3.36. The van der Waals surface area contributed by atoms with Gasteiger partial charge in [-0.1, -0.05) is 35.3 Å². The maximum Gasteiger partial charge on any atom is 0.332 e. The van der Waals surface area contributed by atoms with Gasteiger partial charge in [0.15, 0.2) is 0 Å². The molecule has 11 heteroatoms. The Morgan fingerprint density at radius 3 is 2.34 bits per heavy atom. The first-order valence-electron chi connectivity index (χ1n) is 9.52. The fourth-order valence-corrected chi connectivity index (χ4v) is 5.43. The van der Waals surface area contributed by atoms with Crippen LogP contribution in [0, 0.1) is 11.3 Å². The van der Waals surface area contributed by atoms with Crippen LogP contribution in [0.15, 0.2) is 42.5 Å². The molecule has 0 aliphatic carbocycles. The molecule has 4 rings (SSSR count). The highest BCUT2D eigenvalue weighted by Gasteiger charge is 2.63. The second-order valence-electron chi connectivity index (χ2n) is 7.80. The predicted molar refractivity (Wildman–Crippen MR) is 118 cm³/mol. The van der Waals surface area contributed by atoms with E-state index in [1.807, 2.05) is 6.07 Å². The topological polar surface area (TPSA) is 108 Å². The van der Waals surface area contributed by atoms with Gasteiger partial charge in [0.1, 0.15) is 5.54 Å². The quantitative estimate of drug-likeness (QED) is 0.466. The first kappa shape index (κ1) is 22.6. The highest BCUT2D eigenvalue weighted by Crippen LogP contribution is 2.44. The Hall–Kier alpha value is -2.64. The summed E-state index contributed by atoms with van der Waals surface area (Å²) in [5, 5.41) is 9.56. The number of rotatable bonds is 5. The van der Waals surface area contributed by atoms with E-state index in [1.54, 1.807) is 24.3 Å². The van der Waals surface area contributed by atoms with E-state index < -0.39 is 33.7 Å². The van der Waals surface area contributed by atoms with Crippen LogP contribution in [0.5, 0.6) is 0 Å². The number of anilines is 1. The molecule has 2 atom stereocenters. The van der Waals surface area contributed by atoms with Crippen LogP contribution in [-0.2, 0) is 25.5 Å². The maximum absolute atomic E-state index is 13.7. The van der Waals surface area contributed by atoms with Gasteiger partial charge in [-0.2, -0.15) is 13.7 Å². The summed E-state index contributed by atoms with van der Waals surface area (Å²) >= 11 is 12.1. The maximum atomic E-state index is 13.7. The molecule has 8 nitrogen and oxygen atoms in total. The monoisotopic (exact) mass is 493 g/mol. The number of carbonyl (C=O) groups excluding carboxylic acids is 2. The average molecular weight is 494 g/mol. The molecule has 0 N–H and O–H groups in total. The lowest BCUT2D eigenvalue weighted by Crippen LogP contribution is -2.47. The molecule has 0 spiro atoms. The molecule has 0 radical (unpaired) electrons. The van der Waals surface area contributed by atoms with Crippen LogP contribution in [0.3, 0.4) is 0 Å². The van der Waals surface area contributed by atoms with Gasteiger partial charge >= 0.3 is 6.03 Å². The van der Waals surface area contributed by atoms with Crippen molar-refractivity contribution < 1.29 is 22.2 Å². The van der Waals surface area contributed by atoms with Gasteiger partial charge in [0, 0.05) is 22.9 Å². The third-order valence-corrected chi connectivity index (χ3v) is 6.55. The van der Waals surface area contributed by atoms with E-state index in [9.17, 15) is 18.0 Å². The molecular formula is C21H17Cl2N3O5S.